The fourth-order valence-electron chi connectivity index (χ4n) is 3.08. The van der Waals surface area contributed by atoms with Crippen molar-refractivity contribution in [1.82, 2.24) is 0 Å². The summed E-state index contributed by atoms with van der Waals surface area (Å²) in [6.07, 6.45) is 1.47. The fourth-order valence-corrected chi connectivity index (χ4v) is 3.08. The van der Waals surface area contributed by atoms with Crippen LogP contribution >= 0.6 is 0 Å². The number of benzene rings is 3. The van der Waals surface area contributed by atoms with Gasteiger partial charge in [0.05, 0.1) is 12.7 Å². The van der Waals surface area contributed by atoms with Gasteiger partial charge in [0.1, 0.15) is 18.2 Å². The Kier molecular flexibility index (Phi) is 7.45. The second-order valence-corrected chi connectivity index (χ2v) is 7.20. The Labute approximate surface area is 191 Å². The highest BCUT2D eigenvalue weighted by Gasteiger charge is 2.12. The zero-order chi connectivity index (χ0) is 23.8. The van der Waals surface area contributed by atoms with Crippen molar-refractivity contribution in [2.45, 2.75) is 13.5 Å². The number of ether oxygens (including phenoxy) is 2. The van der Waals surface area contributed by atoms with Crippen LogP contribution in [0.5, 0.6) is 11.5 Å². The average molecular weight is 442 g/mol. The maximum Gasteiger partial charge on any atom is 0.335 e. The lowest BCUT2D eigenvalue weighted by atomic mass is 10.1. The molecule has 0 radical (unpaired) electrons. The van der Waals surface area contributed by atoms with E-state index in [1.165, 1.54) is 25.3 Å². The largest absolute Gasteiger partial charge is 0.493 e. The van der Waals surface area contributed by atoms with Crippen LogP contribution in [0.25, 0.3) is 6.08 Å². The molecular formula is C26H22N2O5. The highest BCUT2D eigenvalue weighted by molar-refractivity contribution is 6.09. The number of carbonyl (C=O) groups is 2. The van der Waals surface area contributed by atoms with Crippen molar-refractivity contribution in [3.05, 3.63) is 94.6 Å². The first-order valence-electron chi connectivity index (χ1n) is 10.0. The van der Waals surface area contributed by atoms with Crippen LogP contribution in [0.3, 0.4) is 0 Å². The summed E-state index contributed by atoms with van der Waals surface area (Å²) in [4.78, 5) is 23.6. The van der Waals surface area contributed by atoms with E-state index in [4.69, 9.17) is 14.6 Å². The molecule has 1 amide bonds. The minimum atomic E-state index is -1.01. The van der Waals surface area contributed by atoms with Crippen LogP contribution in [-0.4, -0.2) is 24.1 Å². The number of nitriles is 1. The van der Waals surface area contributed by atoms with Gasteiger partial charge in [0.25, 0.3) is 5.91 Å². The molecular weight excluding hydrogens is 420 g/mol. The van der Waals surface area contributed by atoms with Gasteiger partial charge in [-0.05, 0) is 66.1 Å². The lowest BCUT2D eigenvalue weighted by Crippen LogP contribution is -2.13. The van der Waals surface area contributed by atoms with Crippen molar-refractivity contribution in [3.8, 4) is 17.6 Å². The van der Waals surface area contributed by atoms with E-state index in [1.807, 2.05) is 31.2 Å². The number of amides is 1. The first-order valence-corrected chi connectivity index (χ1v) is 10.0. The van der Waals surface area contributed by atoms with E-state index in [0.717, 1.165) is 5.56 Å². The van der Waals surface area contributed by atoms with Crippen LogP contribution in [0.1, 0.15) is 27.0 Å². The van der Waals surface area contributed by atoms with E-state index in [2.05, 4.69) is 5.32 Å². The summed E-state index contributed by atoms with van der Waals surface area (Å²) in [5.41, 5.74) is 3.00. The van der Waals surface area contributed by atoms with Gasteiger partial charge in [0, 0.05) is 5.69 Å². The number of carbonyl (C=O) groups excluding carboxylic acids is 1. The third kappa shape index (κ3) is 6.21. The zero-order valence-electron chi connectivity index (χ0n) is 18.2. The molecule has 0 saturated heterocycles. The molecule has 3 aromatic carbocycles. The number of aromatic carboxylic acids is 1. The molecule has 0 aliphatic heterocycles. The van der Waals surface area contributed by atoms with E-state index >= 15 is 0 Å². The van der Waals surface area contributed by atoms with Crippen molar-refractivity contribution in [1.29, 1.82) is 5.26 Å². The van der Waals surface area contributed by atoms with Gasteiger partial charge in [0.2, 0.25) is 0 Å². The van der Waals surface area contributed by atoms with Crippen LogP contribution in [0.15, 0.2) is 72.3 Å². The normalized spacial score (nSPS) is 10.8. The van der Waals surface area contributed by atoms with Crippen molar-refractivity contribution >= 4 is 23.6 Å². The molecule has 3 rings (SSSR count). The van der Waals surface area contributed by atoms with Crippen LogP contribution < -0.4 is 14.8 Å². The molecule has 0 aliphatic carbocycles. The Hall–Kier alpha value is -4.57. The van der Waals surface area contributed by atoms with Crippen molar-refractivity contribution in [3.63, 3.8) is 0 Å². The molecule has 0 aromatic heterocycles. The number of nitrogens with one attached hydrogen (secondary N) is 1. The Morgan fingerprint density at radius 1 is 1.06 bits per heavy atom. The van der Waals surface area contributed by atoms with Gasteiger partial charge in [-0.15, -0.1) is 0 Å². The van der Waals surface area contributed by atoms with Crippen LogP contribution in [0.2, 0.25) is 0 Å². The highest BCUT2D eigenvalue weighted by atomic mass is 16.5. The summed E-state index contributed by atoms with van der Waals surface area (Å²) in [7, 11) is 1.48. The molecule has 0 atom stereocenters. The first-order chi connectivity index (χ1) is 15.9. The third-order valence-electron chi connectivity index (χ3n) is 4.71. The number of anilines is 1. The molecule has 0 spiro atoms. The fraction of sp³-hybridized carbons (Fsp3) is 0.115. The van der Waals surface area contributed by atoms with Gasteiger partial charge in [0.15, 0.2) is 11.5 Å². The quantitative estimate of drug-likeness (QED) is 0.382. The van der Waals surface area contributed by atoms with Crippen LogP contribution in [0, 0.1) is 18.3 Å². The second kappa shape index (κ2) is 10.6. The number of hydrogen-bond donors (Lipinski definition) is 2. The van der Waals surface area contributed by atoms with E-state index in [1.54, 1.807) is 36.4 Å². The standard InChI is InChI=1S/C26H22N2O5/c1-17-5-3-8-22(11-17)28-25(29)21(15-27)12-18-9-10-23(24(14-18)32-2)33-16-19-6-4-7-20(13-19)26(30)31/h3-14H,16H2,1-2H3,(H,28,29)(H,30,31)/b21-12-. The molecule has 0 bridgehead atoms. The van der Waals surface area contributed by atoms with Crippen LogP contribution in [-0.2, 0) is 11.4 Å². The SMILES string of the molecule is COc1cc(/C=C(/C#N)C(=O)Nc2cccc(C)c2)ccc1OCc1cccc(C(=O)O)c1. The molecule has 2 N–H and O–H groups in total. The number of carboxylic acids is 1. The molecule has 7 heteroatoms. The molecule has 3 aromatic rings. The molecule has 166 valence electrons. The molecule has 7 nitrogen and oxygen atoms in total. The molecule has 0 unspecified atom stereocenters. The molecule has 0 heterocycles. The van der Waals surface area contributed by atoms with Gasteiger partial charge in [-0.25, -0.2) is 4.79 Å². The topological polar surface area (TPSA) is 109 Å². The van der Waals surface area contributed by atoms with Gasteiger partial charge < -0.3 is 19.9 Å². The summed E-state index contributed by atoms with van der Waals surface area (Å²) in [5, 5.41) is 21.3. The number of rotatable bonds is 8. The smallest absolute Gasteiger partial charge is 0.335 e. The Morgan fingerprint density at radius 3 is 2.55 bits per heavy atom. The van der Waals surface area contributed by atoms with E-state index < -0.39 is 11.9 Å². The summed E-state index contributed by atoms with van der Waals surface area (Å²) in [5.74, 6) is -0.668. The molecule has 0 aliphatic rings. The van der Waals surface area contributed by atoms with Gasteiger partial charge in [-0.2, -0.15) is 5.26 Å². The van der Waals surface area contributed by atoms with E-state index in [-0.39, 0.29) is 17.7 Å². The summed E-state index contributed by atoms with van der Waals surface area (Å²) < 4.78 is 11.2. The monoisotopic (exact) mass is 442 g/mol. The Morgan fingerprint density at radius 2 is 1.85 bits per heavy atom. The molecule has 33 heavy (non-hydrogen) atoms. The maximum absolute atomic E-state index is 12.5. The van der Waals surface area contributed by atoms with E-state index in [9.17, 15) is 14.9 Å². The number of nitrogens with zero attached hydrogens (tertiary/aromatic N) is 1. The first kappa shape index (κ1) is 23.1. The minimum Gasteiger partial charge on any atom is -0.493 e. The lowest BCUT2D eigenvalue weighted by Gasteiger charge is -2.12. The average Bonchev–Trinajstić information content (AvgIpc) is 2.81. The predicted octanol–water partition coefficient (Wildman–Crippen LogP) is 4.83. The molecule has 0 saturated carbocycles. The number of aryl methyl sites for hydroxylation is 1. The summed E-state index contributed by atoms with van der Waals surface area (Å²) in [6, 6.07) is 20.7. The van der Waals surface area contributed by atoms with Crippen LogP contribution in [0.4, 0.5) is 5.69 Å². The molecule has 0 fully saturated rings. The van der Waals surface area contributed by atoms with Crippen molar-refractivity contribution in [2.24, 2.45) is 0 Å². The lowest BCUT2D eigenvalue weighted by molar-refractivity contribution is -0.112. The number of methoxy groups -OCH3 is 1. The number of carboxylic acid groups (broad SMARTS) is 1. The minimum absolute atomic E-state index is 0.0577. The van der Waals surface area contributed by atoms with Crippen molar-refractivity contribution in [2.75, 3.05) is 12.4 Å². The Balaban J connectivity index is 1.75. The predicted molar refractivity (Wildman–Crippen MR) is 124 cm³/mol. The van der Waals surface area contributed by atoms with Gasteiger partial charge >= 0.3 is 5.97 Å². The van der Waals surface area contributed by atoms with Gasteiger partial charge in [-0.1, -0.05) is 30.3 Å². The summed E-state index contributed by atoms with van der Waals surface area (Å²) in [6.45, 7) is 2.06. The Bertz CT molecular complexity index is 1260. The van der Waals surface area contributed by atoms with E-state index in [0.29, 0.717) is 28.3 Å². The third-order valence-corrected chi connectivity index (χ3v) is 4.71. The summed E-state index contributed by atoms with van der Waals surface area (Å²) >= 11 is 0. The van der Waals surface area contributed by atoms with Gasteiger partial charge in [-0.3, -0.25) is 4.79 Å². The number of hydrogen-bond acceptors (Lipinski definition) is 5. The van der Waals surface area contributed by atoms with Crippen molar-refractivity contribution < 1.29 is 24.2 Å². The zero-order valence-corrected chi connectivity index (χ0v) is 18.2. The second-order valence-electron chi connectivity index (χ2n) is 7.20. The maximum atomic E-state index is 12.5. The highest BCUT2D eigenvalue weighted by Crippen LogP contribution is 2.30.